The van der Waals surface area contributed by atoms with Gasteiger partial charge in [-0.05, 0) is 41.7 Å². The molecule has 1 heteroatoms. The van der Waals surface area contributed by atoms with Crippen LogP contribution in [0.3, 0.4) is 0 Å². The molecule has 0 radical (unpaired) electrons. The van der Waals surface area contributed by atoms with Crippen LogP contribution in [0.15, 0.2) is 24.3 Å². The molecule has 0 bridgehead atoms. The van der Waals surface area contributed by atoms with E-state index in [4.69, 9.17) is 0 Å². The minimum absolute atomic E-state index is 0.382. The molecular weight excluding hydrogens is 296 g/mol. The lowest BCUT2D eigenvalue weighted by molar-refractivity contribution is 0.246. The third kappa shape index (κ3) is 5.69. The molecule has 1 rings (SSSR count). The Balaban J connectivity index is 2.60. The zero-order chi connectivity index (χ0) is 14.5. The predicted molar refractivity (Wildman–Crippen MR) is 90.0 cm³/mol. The van der Waals surface area contributed by atoms with Gasteiger partial charge in [0.2, 0.25) is 0 Å². The Bertz CT molecular complexity index is 358. The van der Waals surface area contributed by atoms with Crippen LogP contribution in [0.1, 0.15) is 69.8 Å². The first-order valence-corrected chi connectivity index (χ1v) is 8.49. The van der Waals surface area contributed by atoms with Crippen molar-refractivity contribution in [2.45, 2.75) is 65.1 Å². The summed E-state index contributed by atoms with van der Waals surface area (Å²) in [6.07, 6.45) is 4.96. The second kappa shape index (κ2) is 7.47. The van der Waals surface area contributed by atoms with Crippen molar-refractivity contribution in [3.63, 3.8) is 0 Å². The number of halogens is 1. The van der Waals surface area contributed by atoms with Gasteiger partial charge in [0, 0.05) is 4.83 Å². The second-order valence-corrected chi connectivity index (χ2v) is 7.92. The third-order valence-electron chi connectivity index (χ3n) is 4.20. The quantitative estimate of drug-likeness (QED) is 0.521. The maximum atomic E-state index is 3.86. The van der Waals surface area contributed by atoms with Gasteiger partial charge in [0.1, 0.15) is 0 Å². The molecule has 0 heterocycles. The van der Waals surface area contributed by atoms with Gasteiger partial charge in [0.15, 0.2) is 0 Å². The van der Waals surface area contributed by atoms with Crippen LogP contribution in [0, 0.1) is 11.3 Å². The monoisotopic (exact) mass is 324 g/mol. The Morgan fingerprint density at radius 3 is 2.16 bits per heavy atom. The van der Waals surface area contributed by atoms with Crippen LogP contribution < -0.4 is 0 Å². The van der Waals surface area contributed by atoms with E-state index in [9.17, 15) is 0 Å². The maximum absolute atomic E-state index is 3.86. The minimum atomic E-state index is 0.382. The van der Waals surface area contributed by atoms with Gasteiger partial charge >= 0.3 is 0 Å². The molecule has 0 aliphatic heterocycles. The molecule has 19 heavy (non-hydrogen) atoms. The van der Waals surface area contributed by atoms with E-state index < -0.39 is 0 Å². The molecule has 0 fully saturated rings. The maximum Gasteiger partial charge on any atom is 0.0398 e. The molecule has 1 aromatic rings. The average molecular weight is 325 g/mol. The molecule has 0 saturated carbocycles. The van der Waals surface area contributed by atoms with Crippen molar-refractivity contribution in [1.82, 2.24) is 0 Å². The fourth-order valence-electron chi connectivity index (χ4n) is 2.07. The smallest absolute Gasteiger partial charge is 0.0398 e. The Morgan fingerprint density at radius 2 is 1.68 bits per heavy atom. The van der Waals surface area contributed by atoms with Crippen molar-refractivity contribution in [2.24, 2.45) is 11.3 Å². The molecule has 0 aromatic heterocycles. The molecule has 0 spiro atoms. The van der Waals surface area contributed by atoms with Crippen molar-refractivity contribution in [3.05, 3.63) is 35.4 Å². The Hall–Kier alpha value is -0.300. The fraction of sp³-hybridized carbons (Fsp3) is 0.667. The molecule has 108 valence electrons. The van der Waals surface area contributed by atoms with Crippen LogP contribution >= 0.6 is 15.9 Å². The highest BCUT2D eigenvalue weighted by molar-refractivity contribution is 9.09. The first-order chi connectivity index (χ1) is 8.84. The number of hydrogen-bond donors (Lipinski definition) is 0. The molecule has 0 aliphatic rings. The van der Waals surface area contributed by atoms with Crippen LogP contribution in [-0.2, 0) is 6.42 Å². The van der Waals surface area contributed by atoms with Gasteiger partial charge in [0.05, 0.1) is 0 Å². The average Bonchev–Trinajstić information content (AvgIpc) is 2.35. The highest BCUT2D eigenvalue weighted by Crippen LogP contribution is 2.37. The summed E-state index contributed by atoms with van der Waals surface area (Å²) in [6.45, 7) is 11.6. The van der Waals surface area contributed by atoms with E-state index in [0.29, 0.717) is 16.2 Å². The zero-order valence-corrected chi connectivity index (χ0v) is 14.8. The normalized spacial score (nSPS) is 15.3. The van der Waals surface area contributed by atoms with E-state index in [-0.39, 0.29) is 0 Å². The number of hydrogen-bond acceptors (Lipinski definition) is 0. The van der Waals surface area contributed by atoms with E-state index in [2.05, 4.69) is 74.8 Å². The fourth-order valence-corrected chi connectivity index (χ4v) is 2.94. The molecule has 0 nitrogen and oxygen atoms in total. The molecule has 0 saturated heterocycles. The standard InChI is InChI=1S/C18H29Br/c1-6-7-8-15-9-11-16(12-10-15)17(19)13-14(2)18(3,4)5/h9-12,14,17H,6-8,13H2,1-5H3. The summed E-state index contributed by atoms with van der Waals surface area (Å²) in [5.41, 5.74) is 3.26. The van der Waals surface area contributed by atoms with E-state index >= 15 is 0 Å². The summed E-state index contributed by atoms with van der Waals surface area (Å²) in [4.78, 5) is 0.474. The largest absolute Gasteiger partial charge is 0.0839 e. The van der Waals surface area contributed by atoms with E-state index in [1.54, 1.807) is 0 Å². The SMILES string of the molecule is CCCCc1ccc(C(Br)CC(C)C(C)(C)C)cc1. The molecule has 1 aromatic carbocycles. The minimum Gasteiger partial charge on any atom is -0.0839 e. The number of alkyl halides is 1. The second-order valence-electron chi connectivity index (χ2n) is 6.82. The Labute approximate surface area is 128 Å². The third-order valence-corrected chi connectivity index (χ3v) is 5.10. The highest BCUT2D eigenvalue weighted by Gasteiger charge is 2.23. The molecule has 0 N–H and O–H groups in total. The number of unbranched alkanes of at least 4 members (excludes halogenated alkanes) is 1. The van der Waals surface area contributed by atoms with Crippen molar-refractivity contribution in [1.29, 1.82) is 0 Å². The van der Waals surface area contributed by atoms with Crippen LogP contribution in [0.5, 0.6) is 0 Å². The number of benzene rings is 1. The van der Waals surface area contributed by atoms with Gasteiger partial charge < -0.3 is 0 Å². The van der Waals surface area contributed by atoms with Gasteiger partial charge in [-0.2, -0.15) is 0 Å². The number of rotatable bonds is 6. The molecular formula is C18H29Br. The lowest BCUT2D eigenvalue weighted by Crippen LogP contribution is -2.18. The predicted octanol–water partition coefficient (Wildman–Crippen LogP) is 6.54. The topological polar surface area (TPSA) is 0 Å². The van der Waals surface area contributed by atoms with Gasteiger partial charge in [-0.15, -0.1) is 0 Å². The molecule has 2 atom stereocenters. The van der Waals surface area contributed by atoms with Crippen LogP contribution in [-0.4, -0.2) is 0 Å². The van der Waals surface area contributed by atoms with Gasteiger partial charge in [0.25, 0.3) is 0 Å². The van der Waals surface area contributed by atoms with Gasteiger partial charge in [-0.1, -0.05) is 81.2 Å². The van der Waals surface area contributed by atoms with Crippen LogP contribution in [0.2, 0.25) is 0 Å². The molecule has 2 unspecified atom stereocenters. The van der Waals surface area contributed by atoms with E-state index in [1.807, 2.05) is 0 Å². The van der Waals surface area contributed by atoms with Gasteiger partial charge in [-0.25, -0.2) is 0 Å². The lowest BCUT2D eigenvalue weighted by atomic mass is 9.79. The van der Waals surface area contributed by atoms with Crippen molar-refractivity contribution in [2.75, 3.05) is 0 Å². The lowest BCUT2D eigenvalue weighted by Gasteiger charge is -2.29. The first-order valence-electron chi connectivity index (χ1n) is 7.57. The van der Waals surface area contributed by atoms with Crippen molar-refractivity contribution in [3.8, 4) is 0 Å². The molecule has 0 aliphatic carbocycles. The van der Waals surface area contributed by atoms with Crippen molar-refractivity contribution < 1.29 is 0 Å². The number of aryl methyl sites for hydroxylation is 1. The first kappa shape index (κ1) is 16.8. The summed E-state index contributed by atoms with van der Waals surface area (Å²) < 4.78 is 0. The van der Waals surface area contributed by atoms with E-state index in [0.717, 1.165) is 0 Å². The summed E-state index contributed by atoms with van der Waals surface area (Å²) in [5.74, 6) is 0.705. The van der Waals surface area contributed by atoms with Crippen molar-refractivity contribution >= 4 is 15.9 Å². The van der Waals surface area contributed by atoms with Crippen LogP contribution in [0.25, 0.3) is 0 Å². The van der Waals surface area contributed by atoms with E-state index in [1.165, 1.54) is 36.8 Å². The molecule has 0 amide bonds. The summed E-state index contributed by atoms with van der Waals surface area (Å²) in [7, 11) is 0. The zero-order valence-electron chi connectivity index (χ0n) is 13.2. The Kier molecular flexibility index (Phi) is 6.59. The Morgan fingerprint density at radius 1 is 1.11 bits per heavy atom. The van der Waals surface area contributed by atoms with Gasteiger partial charge in [-0.3, -0.25) is 0 Å². The highest BCUT2D eigenvalue weighted by atomic mass is 79.9. The summed E-state index contributed by atoms with van der Waals surface area (Å²) in [6, 6.07) is 9.17. The van der Waals surface area contributed by atoms with Crippen LogP contribution in [0.4, 0.5) is 0 Å². The summed E-state index contributed by atoms with van der Waals surface area (Å²) in [5, 5.41) is 0. The summed E-state index contributed by atoms with van der Waals surface area (Å²) >= 11 is 3.86.